The van der Waals surface area contributed by atoms with E-state index in [2.05, 4.69) is 15.6 Å². The summed E-state index contributed by atoms with van der Waals surface area (Å²) in [5.41, 5.74) is 1.10. The Hall–Kier alpha value is -1.93. The molecule has 1 saturated heterocycles. The number of carbonyl (C=O) groups excluding carboxylic acids is 1. The lowest BCUT2D eigenvalue weighted by atomic mass is 10.2. The van der Waals surface area contributed by atoms with Crippen LogP contribution in [-0.2, 0) is 4.79 Å². The number of hydrogen-bond donors (Lipinski definition) is 2. The van der Waals surface area contributed by atoms with Crippen molar-refractivity contribution in [3.63, 3.8) is 0 Å². The number of thiazole rings is 1. The Bertz CT molecular complexity index is 704. The first kappa shape index (κ1) is 15.0. The largest absolute Gasteiger partial charge is 0.301 e. The topological polar surface area (TPSA) is 54.0 Å². The molecule has 1 fully saturated rings. The van der Waals surface area contributed by atoms with Crippen molar-refractivity contribution in [3.8, 4) is 11.3 Å². The molecule has 2 N–H and O–H groups in total. The Morgan fingerprint density at radius 1 is 1.45 bits per heavy atom. The normalized spacial score (nSPS) is 20.0. The minimum absolute atomic E-state index is 0.293. The zero-order chi connectivity index (χ0) is 15.7. The maximum atomic E-state index is 13.2. The molecule has 1 aromatic carbocycles. The number of nitrogens with zero attached hydrogens (tertiary/aromatic N) is 1. The van der Waals surface area contributed by atoms with Crippen LogP contribution in [0.2, 0.25) is 0 Å². The predicted molar refractivity (Wildman–Crippen MR) is 77.5 cm³/mol. The average Bonchev–Trinajstić information content (AvgIpc) is 3.05. The van der Waals surface area contributed by atoms with Gasteiger partial charge in [-0.1, -0.05) is 12.1 Å². The maximum Gasteiger partial charge on any atom is 0.262 e. The van der Waals surface area contributed by atoms with Gasteiger partial charge in [0.2, 0.25) is 5.91 Å². The van der Waals surface area contributed by atoms with Gasteiger partial charge in [-0.25, -0.2) is 18.2 Å². The molecule has 0 aliphatic carbocycles. The number of carbonyl (C=O) groups is 1. The Morgan fingerprint density at radius 3 is 2.95 bits per heavy atom. The van der Waals surface area contributed by atoms with Crippen molar-refractivity contribution in [2.45, 2.75) is 18.4 Å². The molecule has 0 spiro atoms. The molecule has 3 rings (SSSR count). The number of rotatable bonds is 3. The van der Waals surface area contributed by atoms with E-state index >= 15 is 0 Å². The Balaban J connectivity index is 1.68. The third-order valence-electron chi connectivity index (χ3n) is 3.28. The van der Waals surface area contributed by atoms with Gasteiger partial charge in [-0.05, 0) is 12.1 Å². The van der Waals surface area contributed by atoms with E-state index in [1.807, 2.05) is 0 Å². The monoisotopic (exact) mass is 327 g/mol. The molecule has 1 atom stereocenters. The zero-order valence-corrected chi connectivity index (χ0v) is 12.1. The Kier molecular flexibility index (Phi) is 3.88. The molecule has 0 bridgehead atoms. The summed E-state index contributed by atoms with van der Waals surface area (Å²) in [5.74, 6) is -3.79. The van der Waals surface area contributed by atoms with Gasteiger partial charge in [-0.2, -0.15) is 0 Å². The molecule has 1 aliphatic heterocycles. The van der Waals surface area contributed by atoms with Crippen LogP contribution in [0.25, 0.3) is 11.3 Å². The van der Waals surface area contributed by atoms with E-state index in [1.54, 1.807) is 17.5 Å². The molecule has 0 saturated carbocycles. The standard InChI is InChI=1S/C14H12F3N3OS/c15-9-3-1-2-8(4-9)11-6-22-13(19-11)20-12(21)10-5-14(16,17)7-18-10/h1-4,6,10,18H,5,7H2,(H,19,20,21). The van der Waals surface area contributed by atoms with Crippen LogP contribution >= 0.6 is 11.3 Å². The zero-order valence-electron chi connectivity index (χ0n) is 11.3. The summed E-state index contributed by atoms with van der Waals surface area (Å²) < 4.78 is 39.3. The van der Waals surface area contributed by atoms with Gasteiger partial charge in [0.25, 0.3) is 5.92 Å². The van der Waals surface area contributed by atoms with Gasteiger partial charge in [0.1, 0.15) is 5.82 Å². The lowest BCUT2D eigenvalue weighted by Gasteiger charge is -2.09. The number of amides is 1. The summed E-state index contributed by atoms with van der Waals surface area (Å²) in [4.78, 5) is 16.1. The van der Waals surface area contributed by atoms with E-state index < -0.39 is 30.8 Å². The first-order valence-electron chi connectivity index (χ1n) is 6.56. The molecular weight excluding hydrogens is 315 g/mol. The summed E-state index contributed by atoms with van der Waals surface area (Å²) in [6.07, 6.45) is -0.527. The number of anilines is 1. The molecule has 1 unspecified atom stereocenters. The highest BCUT2D eigenvalue weighted by Crippen LogP contribution is 2.28. The van der Waals surface area contributed by atoms with Crippen molar-refractivity contribution in [1.82, 2.24) is 10.3 Å². The van der Waals surface area contributed by atoms with Crippen LogP contribution < -0.4 is 10.6 Å². The number of benzene rings is 1. The predicted octanol–water partition coefficient (Wildman–Crippen LogP) is 2.88. The van der Waals surface area contributed by atoms with Crippen LogP contribution in [0.5, 0.6) is 0 Å². The quantitative estimate of drug-likeness (QED) is 0.911. The van der Waals surface area contributed by atoms with Crippen LogP contribution in [0.4, 0.5) is 18.3 Å². The number of alkyl halides is 2. The Morgan fingerprint density at radius 2 is 2.27 bits per heavy atom. The summed E-state index contributed by atoms with van der Waals surface area (Å²) in [6.45, 7) is -0.502. The maximum absolute atomic E-state index is 13.2. The molecular formula is C14H12F3N3OS. The SMILES string of the molecule is O=C(Nc1nc(-c2cccc(F)c2)cs1)C1CC(F)(F)CN1. The first-order chi connectivity index (χ1) is 10.4. The fraction of sp³-hybridized carbons (Fsp3) is 0.286. The fourth-order valence-electron chi connectivity index (χ4n) is 2.20. The first-order valence-corrected chi connectivity index (χ1v) is 7.44. The van der Waals surface area contributed by atoms with Crippen molar-refractivity contribution in [1.29, 1.82) is 0 Å². The lowest BCUT2D eigenvalue weighted by molar-refractivity contribution is -0.118. The second-order valence-electron chi connectivity index (χ2n) is 5.03. The molecule has 4 nitrogen and oxygen atoms in total. The minimum Gasteiger partial charge on any atom is -0.301 e. The van der Waals surface area contributed by atoms with Crippen LogP contribution in [0.3, 0.4) is 0 Å². The van der Waals surface area contributed by atoms with E-state index in [0.717, 1.165) is 11.3 Å². The summed E-state index contributed by atoms with van der Waals surface area (Å²) >= 11 is 1.16. The molecule has 0 radical (unpaired) electrons. The number of aromatic nitrogens is 1. The van der Waals surface area contributed by atoms with Gasteiger partial charge in [-0.3, -0.25) is 10.1 Å². The second kappa shape index (κ2) is 5.69. The minimum atomic E-state index is -2.86. The van der Waals surface area contributed by atoms with Gasteiger partial charge >= 0.3 is 0 Å². The van der Waals surface area contributed by atoms with Crippen molar-refractivity contribution in [2.24, 2.45) is 0 Å². The molecule has 1 aliphatic rings. The van der Waals surface area contributed by atoms with Gasteiger partial charge in [-0.15, -0.1) is 11.3 Å². The molecule has 1 aromatic heterocycles. The number of hydrogen-bond acceptors (Lipinski definition) is 4. The smallest absolute Gasteiger partial charge is 0.262 e. The van der Waals surface area contributed by atoms with Gasteiger partial charge in [0.15, 0.2) is 5.13 Å². The summed E-state index contributed by atoms with van der Waals surface area (Å²) in [6, 6.07) is 4.98. The van der Waals surface area contributed by atoms with Crippen molar-refractivity contribution < 1.29 is 18.0 Å². The fourth-order valence-corrected chi connectivity index (χ4v) is 2.93. The van der Waals surface area contributed by atoms with Crippen molar-refractivity contribution in [3.05, 3.63) is 35.5 Å². The van der Waals surface area contributed by atoms with Crippen LogP contribution in [0.1, 0.15) is 6.42 Å². The van der Waals surface area contributed by atoms with E-state index in [9.17, 15) is 18.0 Å². The van der Waals surface area contributed by atoms with E-state index in [4.69, 9.17) is 0 Å². The molecule has 116 valence electrons. The third-order valence-corrected chi connectivity index (χ3v) is 4.04. The van der Waals surface area contributed by atoms with E-state index in [0.29, 0.717) is 16.4 Å². The molecule has 2 aromatic rings. The van der Waals surface area contributed by atoms with Crippen LogP contribution in [-0.4, -0.2) is 29.4 Å². The van der Waals surface area contributed by atoms with E-state index in [-0.39, 0.29) is 5.82 Å². The number of halogens is 3. The summed E-state index contributed by atoms with van der Waals surface area (Å²) in [7, 11) is 0. The van der Waals surface area contributed by atoms with E-state index in [1.165, 1.54) is 12.1 Å². The highest BCUT2D eigenvalue weighted by Gasteiger charge is 2.42. The molecule has 2 heterocycles. The number of nitrogens with one attached hydrogen (secondary N) is 2. The van der Waals surface area contributed by atoms with Gasteiger partial charge < -0.3 is 5.32 Å². The third kappa shape index (κ3) is 3.28. The molecule has 8 heteroatoms. The Labute approximate surface area is 128 Å². The van der Waals surface area contributed by atoms with Crippen molar-refractivity contribution >= 4 is 22.4 Å². The van der Waals surface area contributed by atoms with Gasteiger partial charge in [0.05, 0.1) is 18.3 Å². The molecule has 22 heavy (non-hydrogen) atoms. The van der Waals surface area contributed by atoms with Crippen LogP contribution in [0, 0.1) is 5.82 Å². The highest BCUT2D eigenvalue weighted by atomic mass is 32.1. The lowest BCUT2D eigenvalue weighted by Crippen LogP contribution is -2.35. The molecule has 1 amide bonds. The summed E-state index contributed by atoms with van der Waals surface area (Å²) in [5, 5.41) is 6.94. The van der Waals surface area contributed by atoms with Crippen molar-refractivity contribution in [2.75, 3.05) is 11.9 Å². The van der Waals surface area contributed by atoms with Crippen LogP contribution in [0.15, 0.2) is 29.6 Å². The highest BCUT2D eigenvalue weighted by molar-refractivity contribution is 7.14. The second-order valence-corrected chi connectivity index (χ2v) is 5.89. The van der Waals surface area contributed by atoms with Gasteiger partial charge in [0, 0.05) is 17.4 Å². The average molecular weight is 327 g/mol.